The van der Waals surface area contributed by atoms with E-state index in [1.165, 1.54) is 0 Å². The number of pyridine rings is 1. The summed E-state index contributed by atoms with van der Waals surface area (Å²) in [5.74, 6) is -0.502. The van der Waals surface area contributed by atoms with Gasteiger partial charge in [0.15, 0.2) is 0 Å². The van der Waals surface area contributed by atoms with Crippen LogP contribution in [0.5, 0.6) is 0 Å². The van der Waals surface area contributed by atoms with Crippen molar-refractivity contribution in [3.8, 4) is 0 Å². The topological polar surface area (TPSA) is 56.0 Å². The molecular weight excluding hydrogens is 256 g/mol. The number of aromatic nitrogens is 1. The number of carbonyl (C=O) groups is 1. The van der Waals surface area contributed by atoms with Crippen molar-refractivity contribution >= 4 is 32.6 Å². The lowest BCUT2D eigenvalue weighted by molar-refractivity contribution is 0.0997. The first-order valence-electron chi connectivity index (χ1n) is 4.45. The second-order valence-electron chi connectivity index (χ2n) is 3.32. The van der Waals surface area contributed by atoms with Crippen molar-refractivity contribution in [2.75, 3.05) is 0 Å². The van der Waals surface area contributed by atoms with Crippen LogP contribution in [0.4, 0.5) is 0 Å². The number of primary amides is 1. The van der Waals surface area contributed by atoms with Gasteiger partial charge in [-0.15, -0.1) is 0 Å². The van der Waals surface area contributed by atoms with Crippen LogP contribution in [0.1, 0.15) is 16.1 Å². The third-order valence-electron chi connectivity index (χ3n) is 2.31. The zero-order valence-corrected chi connectivity index (χ0v) is 9.71. The number of aryl methyl sites for hydroxylation is 1. The van der Waals surface area contributed by atoms with Crippen molar-refractivity contribution in [1.82, 2.24) is 4.98 Å². The predicted molar refractivity (Wildman–Crippen MR) is 62.7 cm³/mol. The molecule has 1 aromatic carbocycles. The molecule has 0 aliphatic rings. The summed E-state index contributed by atoms with van der Waals surface area (Å²) in [6.07, 6.45) is 1.61. The Labute approximate surface area is 95.4 Å². The molecule has 0 aliphatic carbocycles. The van der Waals surface area contributed by atoms with Gasteiger partial charge in [-0.3, -0.25) is 4.79 Å². The molecule has 0 atom stereocenters. The Morgan fingerprint density at radius 1 is 1.47 bits per heavy atom. The van der Waals surface area contributed by atoms with E-state index in [9.17, 15) is 4.79 Å². The van der Waals surface area contributed by atoms with Gasteiger partial charge in [0.25, 0.3) is 5.91 Å². The minimum atomic E-state index is -0.502. The van der Waals surface area contributed by atoms with Crippen molar-refractivity contribution in [2.45, 2.75) is 6.92 Å². The quantitative estimate of drug-likeness (QED) is 0.860. The van der Waals surface area contributed by atoms with Crippen molar-refractivity contribution in [2.24, 2.45) is 5.73 Å². The molecule has 3 nitrogen and oxygen atoms in total. The molecule has 1 aromatic heterocycles. The maximum atomic E-state index is 11.2. The molecule has 4 heteroatoms. The molecule has 0 aliphatic heterocycles. The van der Waals surface area contributed by atoms with E-state index in [2.05, 4.69) is 20.9 Å². The monoisotopic (exact) mass is 264 g/mol. The Kier molecular flexibility index (Phi) is 2.44. The van der Waals surface area contributed by atoms with Crippen LogP contribution in [-0.4, -0.2) is 10.9 Å². The van der Waals surface area contributed by atoms with Crippen LogP contribution in [-0.2, 0) is 0 Å². The summed E-state index contributed by atoms with van der Waals surface area (Å²) in [4.78, 5) is 15.2. The molecule has 0 bridgehead atoms. The third-order valence-corrected chi connectivity index (χ3v) is 2.91. The number of nitrogens with two attached hydrogens (primary N) is 1. The van der Waals surface area contributed by atoms with Crippen molar-refractivity contribution < 1.29 is 4.79 Å². The Bertz CT molecular complexity index is 543. The van der Waals surface area contributed by atoms with E-state index < -0.39 is 5.91 Å². The molecule has 15 heavy (non-hydrogen) atoms. The van der Waals surface area contributed by atoms with E-state index in [1.54, 1.807) is 6.20 Å². The molecule has 76 valence electrons. The summed E-state index contributed by atoms with van der Waals surface area (Å²) in [7, 11) is 0. The molecule has 2 aromatic rings. The number of benzene rings is 1. The molecule has 1 heterocycles. The maximum absolute atomic E-state index is 11.2. The number of nitrogens with zero attached hydrogens (tertiary/aromatic N) is 1. The van der Waals surface area contributed by atoms with Gasteiger partial charge in [0.2, 0.25) is 0 Å². The second kappa shape index (κ2) is 3.62. The van der Waals surface area contributed by atoms with Gasteiger partial charge in [0.05, 0.1) is 0 Å². The highest BCUT2D eigenvalue weighted by atomic mass is 79.9. The van der Waals surface area contributed by atoms with Gasteiger partial charge < -0.3 is 5.73 Å². The number of carbonyl (C=O) groups excluding carboxylic acids is 1. The van der Waals surface area contributed by atoms with Crippen molar-refractivity contribution in [3.05, 3.63) is 40.1 Å². The van der Waals surface area contributed by atoms with Gasteiger partial charge in [0.1, 0.15) is 5.69 Å². The zero-order chi connectivity index (χ0) is 11.0. The van der Waals surface area contributed by atoms with Crippen LogP contribution in [0.15, 0.2) is 28.9 Å². The third kappa shape index (κ3) is 1.61. The Morgan fingerprint density at radius 3 is 2.87 bits per heavy atom. The minimum Gasteiger partial charge on any atom is -0.364 e. The fraction of sp³-hybridized carbons (Fsp3) is 0.0909. The Balaban J connectivity index is 2.95. The van der Waals surface area contributed by atoms with Crippen molar-refractivity contribution in [3.63, 3.8) is 0 Å². The van der Waals surface area contributed by atoms with Gasteiger partial charge in [-0.05, 0) is 28.4 Å². The first kappa shape index (κ1) is 10.1. The Hall–Kier alpha value is -1.42. The molecular formula is C11H9BrN2O. The SMILES string of the molecule is Cc1cccc2c(C(N)=O)ncc(Br)c12. The first-order valence-corrected chi connectivity index (χ1v) is 5.24. The van der Waals surface area contributed by atoms with Gasteiger partial charge >= 0.3 is 0 Å². The van der Waals surface area contributed by atoms with E-state index in [0.717, 1.165) is 20.8 Å². The van der Waals surface area contributed by atoms with Crippen LogP contribution in [0.2, 0.25) is 0 Å². The van der Waals surface area contributed by atoms with E-state index in [0.29, 0.717) is 5.69 Å². The van der Waals surface area contributed by atoms with Crippen LogP contribution >= 0.6 is 15.9 Å². The summed E-state index contributed by atoms with van der Waals surface area (Å²) in [5.41, 5.74) is 6.67. The lowest BCUT2D eigenvalue weighted by Crippen LogP contribution is -2.13. The normalized spacial score (nSPS) is 10.5. The highest BCUT2D eigenvalue weighted by molar-refractivity contribution is 9.10. The maximum Gasteiger partial charge on any atom is 0.267 e. The fourth-order valence-electron chi connectivity index (χ4n) is 1.63. The standard InChI is InChI=1S/C11H9BrN2O/c1-6-3-2-4-7-9(6)8(12)5-14-10(7)11(13)15/h2-5H,1H3,(H2,13,15). The van der Waals surface area contributed by atoms with E-state index in [-0.39, 0.29) is 0 Å². The summed E-state index contributed by atoms with van der Waals surface area (Å²) in [5, 5.41) is 1.78. The average Bonchev–Trinajstić information content (AvgIpc) is 2.17. The van der Waals surface area contributed by atoms with Gasteiger partial charge in [0, 0.05) is 21.4 Å². The summed E-state index contributed by atoms with van der Waals surface area (Å²) >= 11 is 3.42. The zero-order valence-electron chi connectivity index (χ0n) is 8.12. The second-order valence-corrected chi connectivity index (χ2v) is 4.17. The first-order chi connectivity index (χ1) is 7.11. The molecule has 0 radical (unpaired) electrons. The highest BCUT2D eigenvalue weighted by Crippen LogP contribution is 2.27. The molecule has 1 amide bonds. The largest absolute Gasteiger partial charge is 0.364 e. The number of rotatable bonds is 1. The lowest BCUT2D eigenvalue weighted by Gasteiger charge is -2.06. The van der Waals surface area contributed by atoms with Gasteiger partial charge in [-0.25, -0.2) is 4.98 Å². The molecule has 0 unspecified atom stereocenters. The average molecular weight is 265 g/mol. The summed E-state index contributed by atoms with van der Waals surface area (Å²) < 4.78 is 0.876. The molecule has 0 fully saturated rings. The molecule has 2 rings (SSSR count). The number of fused-ring (bicyclic) bond motifs is 1. The number of amides is 1. The fourth-order valence-corrected chi connectivity index (χ4v) is 2.26. The molecule has 0 saturated heterocycles. The van der Waals surface area contributed by atoms with Crippen LogP contribution < -0.4 is 5.73 Å². The lowest BCUT2D eigenvalue weighted by atomic mass is 10.1. The van der Waals surface area contributed by atoms with Crippen molar-refractivity contribution in [1.29, 1.82) is 0 Å². The predicted octanol–water partition coefficient (Wildman–Crippen LogP) is 2.40. The molecule has 2 N–H and O–H groups in total. The van der Waals surface area contributed by atoms with E-state index in [4.69, 9.17) is 5.73 Å². The van der Waals surface area contributed by atoms with Gasteiger partial charge in [-0.2, -0.15) is 0 Å². The molecule has 0 saturated carbocycles. The summed E-state index contributed by atoms with van der Waals surface area (Å²) in [6, 6.07) is 5.72. The minimum absolute atomic E-state index is 0.317. The number of halogens is 1. The van der Waals surface area contributed by atoms with Gasteiger partial charge in [-0.1, -0.05) is 18.2 Å². The highest BCUT2D eigenvalue weighted by Gasteiger charge is 2.11. The van der Waals surface area contributed by atoms with E-state index in [1.807, 2.05) is 25.1 Å². The number of hydrogen-bond donors (Lipinski definition) is 1. The van der Waals surface area contributed by atoms with Crippen LogP contribution in [0.25, 0.3) is 10.8 Å². The smallest absolute Gasteiger partial charge is 0.267 e. The van der Waals surface area contributed by atoms with Crippen LogP contribution in [0, 0.1) is 6.92 Å². The Morgan fingerprint density at radius 2 is 2.20 bits per heavy atom. The number of hydrogen-bond acceptors (Lipinski definition) is 2. The molecule has 0 spiro atoms. The summed E-state index contributed by atoms with van der Waals surface area (Å²) in [6.45, 7) is 1.98. The van der Waals surface area contributed by atoms with Crippen LogP contribution in [0.3, 0.4) is 0 Å². The van der Waals surface area contributed by atoms with E-state index >= 15 is 0 Å².